The minimum Gasteiger partial charge on any atom is -0.497 e. The number of esters is 1. The van der Waals surface area contributed by atoms with E-state index in [-0.39, 0.29) is 42.5 Å². The zero-order chi connectivity index (χ0) is 25.6. The van der Waals surface area contributed by atoms with Crippen LogP contribution in [0.3, 0.4) is 0 Å². The molecule has 2 aromatic carbocycles. The Bertz CT molecular complexity index is 1220. The minimum absolute atomic E-state index is 0.0694. The Morgan fingerprint density at radius 3 is 2.33 bits per heavy atom. The molecule has 0 radical (unpaired) electrons. The van der Waals surface area contributed by atoms with Crippen molar-refractivity contribution in [2.45, 2.75) is 39.5 Å². The van der Waals surface area contributed by atoms with E-state index in [4.69, 9.17) is 9.47 Å². The predicted octanol–water partition coefficient (Wildman–Crippen LogP) is 3.89. The number of hydrogen-bond donors (Lipinski definition) is 0. The highest BCUT2D eigenvalue weighted by atomic mass is 16.5. The number of ether oxygens (including phenoxy) is 2. The number of fused-ring (bicyclic) bond motifs is 1. The highest BCUT2D eigenvalue weighted by molar-refractivity contribution is 6.22. The summed E-state index contributed by atoms with van der Waals surface area (Å²) in [4.78, 5) is 54.4. The third-order valence-electron chi connectivity index (χ3n) is 7.66. The van der Waals surface area contributed by atoms with Gasteiger partial charge in [-0.25, -0.2) is 4.90 Å². The highest BCUT2D eigenvalue weighted by Gasteiger charge is 2.50. The number of hydrogen-bond acceptors (Lipinski definition) is 6. The maximum Gasteiger partial charge on any atom is 0.316 e. The Labute approximate surface area is 210 Å². The molecule has 5 rings (SSSR count). The Hall–Kier alpha value is -3.68. The number of benzene rings is 2. The van der Waals surface area contributed by atoms with Crippen LogP contribution in [0, 0.1) is 30.6 Å². The second-order valence-corrected chi connectivity index (χ2v) is 10.1. The van der Waals surface area contributed by atoms with Gasteiger partial charge >= 0.3 is 5.97 Å². The SMILES string of the molecule is COc1ccc(N2C[C@H](C(=O)Oc3ccc(N4C(=O)[C@@H]5CC[C@@H](C)C[C@H]5C4=O)c(C)c3)CC2=O)cc1. The Kier molecular flexibility index (Phi) is 6.28. The molecule has 0 aromatic heterocycles. The minimum atomic E-state index is -0.591. The molecular formula is C28H30N2O6. The first-order valence-electron chi connectivity index (χ1n) is 12.4. The van der Waals surface area contributed by atoms with Crippen LogP contribution in [0.25, 0.3) is 0 Å². The fraction of sp³-hybridized carbons (Fsp3) is 0.429. The Balaban J connectivity index is 1.26. The van der Waals surface area contributed by atoms with E-state index in [1.165, 1.54) is 4.90 Å². The van der Waals surface area contributed by atoms with E-state index in [1.807, 2.05) is 0 Å². The fourth-order valence-electron chi connectivity index (χ4n) is 5.65. The van der Waals surface area contributed by atoms with Gasteiger partial charge in [-0.2, -0.15) is 0 Å². The molecule has 3 aliphatic rings. The zero-order valence-corrected chi connectivity index (χ0v) is 20.7. The number of anilines is 2. The Morgan fingerprint density at radius 2 is 1.64 bits per heavy atom. The summed E-state index contributed by atoms with van der Waals surface area (Å²) in [5.41, 5.74) is 1.91. The number of carbonyl (C=O) groups is 4. The van der Waals surface area contributed by atoms with Crippen LogP contribution in [0.2, 0.25) is 0 Å². The summed E-state index contributed by atoms with van der Waals surface area (Å²) in [5.74, 6) is -0.519. The van der Waals surface area contributed by atoms with Crippen LogP contribution in [0.1, 0.15) is 38.2 Å². The summed E-state index contributed by atoms with van der Waals surface area (Å²) in [6.07, 6.45) is 2.52. The van der Waals surface area contributed by atoms with Gasteiger partial charge in [0.05, 0.1) is 30.6 Å². The van der Waals surface area contributed by atoms with Crippen LogP contribution in [0.15, 0.2) is 42.5 Å². The van der Waals surface area contributed by atoms with Gasteiger partial charge in [-0.05, 0) is 80.1 Å². The summed E-state index contributed by atoms with van der Waals surface area (Å²) in [7, 11) is 1.57. The lowest BCUT2D eigenvalue weighted by Crippen LogP contribution is -2.31. The second-order valence-electron chi connectivity index (χ2n) is 10.1. The van der Waals surface area contributed by atoms with Crippen LogP contribution in [0.5, 0.6) is 11.5 Å². The van der Waals surface area contributed by atoms with Crippen molar-refractivity contribution in [1.29, 1.82) is 0 Å². The number of nitrogens with zero attached hydrogens (tertiary/aromatic N) is 2. The lowest BCUT2D eigenvalue weighted by atomic mass is 9.76. The van der Waals surface area contributed by atoms with E-state index in [0.29, 0.717) is 34.4 Å². The molecule has 4 atom stereocenters. The van der Waals surface area contributed by atoms with Crippen molar-refractivity contribution in [3.8, 4) is 11.5 Å². The lowest BCUT2D eigenvalue weighted by Gasteiger charge is -2.25. The first-order valence-corrected chi connectivity index (χ1v) is 12.4. The van der Waals surface area contributed by atoms with E-state index in [1.54, 1.807) is 61.4 Å². The van der Waals surface area contributed by atoms with Crippen molar-refractivity contribution in [2.24, 2.45) is 23.7 Å². The summed E-state index contributed by atoms with van der Waals surface area (Å²) in [6, 6.07) is 12.0. The van der Waals surface area contributed by atoms with Crippen molar-refractivity contribution in [1.82, 2.24) is 0 Å². The molecule has 36 heavy (non-hydrogen) atoms. The van der Waals surface area contributed by atoms with E-state index in [2.05, 4.69) is 6.92 Å². The molecule has 1 aliphatic carbocycles. The first kappa shape index (κ1) is 24.0. The van der Waals surface area contributed by atoms with E-state index < -0.39 is 11.9 Å². The van der Waals surface area contributed by atoms with Gasteiger partial charge in [0.25, 0.3) is 0 Å². The van der Waals surface area contributed by atoms with Gasteiger partial charge in [-0.3, -0.25) is 19.2 Å². The molecule has 2 aliphatic heterocycles. The third-order valence-corrected chi connectivity index (χ3v) is 7.66. The van der Waals surface area contributed by atoms with Crippen molar-refractivity contribution < 1.29 is 28.7 Å². The molecule has 188 valence electrons. The summed E-state index contributed by atoms with van der Waals surface area (Å²) >= 11 is 0. The third kappa shape index (κ3) is 4.25. The molecule has 2 aromatic rings. The van der Waals surface area contributed by atoms with Gasteiger partial charge < -0.3 is 14.4 Å². The van der Waals surface area contributed by atoms with Gasteiger partial charge in [0.2, 0.25) is 17.7 Å². The molecular weight excluding hydrogens is 460 g/mol. The standard InChI is InChI=1S/C28H30N2O6/c1-16-4-10-22-23(12-16)27(33)30(26(22)32)24-11-9-21(13-17(24)2)36-28(34)18-14-25(31)29(15-18)19-5-7-20(35-3)8-6-19/h5-9,11,13,16,18,22-23H,4,10,12,14-15H2,1-3H3/t16-,18-,22-,23-/m1/s1. The summed E-state index contributed by atoms with van der Waals surface area (Å²) < 4.78 is 10.8. The molecule has 0 unspecified atom stereocenters. The smallest absolute Gasteiger partial charge is 0.316 e. The molecule has 0 spiro atoms. The number of carbonyl (C=O) groups excluding carboxylic acids is 4. The van der Waals surface area contributed by atoms with E-state index in [0.717, 1.165) is 19.3 Å². The van der Waals surface area contributed by atoms with Crippen LogP contribution in [0.4, 0.5) is 11.4 Å². The topological polar surface area (TPSA) is 93.2 Å². The number of aryl methyl sites for hydroxylation is 1. The fourth-order valence-corrected chi connectivity index (χ4v) is 5.65. The maximum absolute atomic E-state index is 13.1. The van der Waals surface area contributed by atoms with Crippen molar-refractivity contribution in [2.75, 3.05) is 23.5 Å². The van der Waals surface area contributed by atoms with Crippen molar-refractivity contribution in [3.05, 3.63) is 48.0 Å². The quantitative estimate of drug-likeness (QED) is 0.359. The van der Waals surface area contributed by atoms with Gasteiger partial charge in [0.15, 0.2) is 0 Å². The molecule has 1 saturated carbocycles. The monoisotopic (exact) mass is 490 g/mol. The summed E-state index contributed by atoms with van der Waals surface area (Å²) in [5, 5.41) is 0. The maximum atomic E-state index is 13.1. The average Bonchev–Trinajstić information content (AvgIpc) is 3.37. The second kappa shape index (κ2) is 9.41. The molecule has 3 fully saturated rings. The molecule has 8 nitrogen and oxygen atoms in total. The van der Waals surface area contributed by atoms with Crippen molar-refractivity contribution in [3.63, 3.8) is 0 Å². The number of amides is 3. The summed E-state index contributed by atoms with van der Waals surface area (Å²) in [6.45, 7) is 4.15. The van der Waals surface area contributed by atoms with E-state index in [9.17, 15) is 19.2 Å². The van der Waals surface area contributed by atoms with Crippen LogP contribution < -0.4 is 19.3 Å². The largest absolute Gasteiger partial charge is 0.497 e. The van der Waals surface area contributed by atoms with Crippen LogP contribution in [-0.4, -0.2) is 37.3 Å². The molecule has 0 bridgehead atoms. The zero-order valence-electron chi connectivity index (χ0n) is 20.7. The van der Waals surface area contributed by atoms with Gasteiger partial charge in [0.1, 0.15) is 11.5 Å². The predicted molar refractivity (Wildman–Crippen MR) is 133 cm³/mol. The molecule has 2 saturated heterocycles. The van der Waals surface area contributed by atoms with Crippen LogP contribution in [-0.2, 0) is 19.2 Å². The Morgan fingerprint density at radius 1 is 0.944 bits per heavy atom. The van der Waals surface area contributed by atoms with Gasteiger partial charge in [0, 0.05) is 18.7 Å². The average molecular weight is 491 g/mol. The molecule has 2 heterocycles. The molecule has 3 amide bonds. The number of methoxy groups -OCH3 is 1. The normalized spacial score (nSPS) is 25.8. The number of rotatable bonds is 5. The van der Waals surface area contributed by atoms with E-state index >= 15 is 0 Å². The first-order chi connectivity index (χ1) is 17.3. The van der Waals surface area contributed by atoms with Crippen LogP contribution >= 0.6 is 0 Å². The highest BCUT2D eigenvalue weighted by Crippen LogP contribution is 2.43. The van der Waals surface area contributed by atoms with Crippen molar-refractivity contribution >= 4 is 35.1 Å². The molecule has 0 N–H and O–H groups in total. The lowest BCUT2D eigenvalue weighted by molar-refractivity contribution is -0.139. The van der Waals surface area contributed by atoms with Gasteiger partial charge in [-0.15, -0.1) is 0 Å². The van der Waals surface area contributed by atoms with Gasteiger partial charge in [-0.1, -0.05) is 6.92 Å². The number of imide groups is 1. The molecule has 8 heteroatoms.